The summed E-state index contributed by atoms with van der Waals surface area (Å²) in [7, 11) is 0. The first-order valence-corrected chi connectivity index (χ1v) is 6.07. The standard InChI is InChI=1S/C12H18N4O2/c13-15-10-1-2-11(14-7-10)12(18)16-5-3-9(8-16)4-6-17/h1-2,7,9,15,17H,3-6,8,13H2. The molecular formula is C12H18N4O2. The van der Waals surface area contributed by atoms with Crippen LogP contribution in [-0.2, 0) is 0 Å². The first-order chi connectivity index (χ1) is 8.74. The predicted octanol–water partition coefficient (Wildman–Crippen LogP) is 0.212. The lowest BCUT2D eigenvalue weighted by molar-refractivity contribution is 0.0779. The third-order valence-corrected chi connectivity index (χ3v) is 3.26. The highest BCUT2D eigenvalue weighted by Crippen LogP contribution is 2.20. The maximum absolute atomic E-state index is 12.1. The van der Waals surface area contributed by atoms with Crippen LogP contribution in [0.2, 0.25) is 0 Å². The number of pyridine rings is 1. The van der Waals surface area contributed by atoms with E-state index in [4.69, 9.17) is 10.9 Å². The number of rotatable bonds is 4. The zero-order valence-electron chi connectivity index (χ0n) is 10.2. The highest BCUT2D eigenvalue weighted by atomic mass is 16.3. The van der Waals surface area contributed by atoms with Gasteiger partial charge in [-0.1, -0.05) is 0 Å². The van der Waals surface area contributed by atoms with Gasteiger partial charge in [-0.2, -0.15) is 0 Å². The lowest BCUT2D eigenvalue weighted by atomic mass is 10.1. The van der Waals surface area contributed by atoms with E-state index < -0.39 is 0 Å². The van der Waals surface area contributed by atoms with Crippen molar-refractivity contribution < 1.29 is 9.90 Å². The molecule has 6 nitrogen and oxygen atoms in total. The number of hydrogen-bond donors (Lipinski definition) is 3. The topological polar surface area (TPSA) is 91.5 Å². The summed E-state index contributed by atoms with van der Waals surface area (Å²) in [4.78, 5) is 18.0. The molecule has 0 radical (unpaired) electrons. The zero-order chi connectivity index (χ0) is 13.0. The van der Waals surface area contributed by atoms with E-state index in [0.29, 0.717) is 23.8 Å². The number of hydrazine groups is 1. The molecule has 1 aromatic heterocycles. The molecule has 2 rings (SSSR count). The zero-order valence-corrected chi connectivity index (χ0v) is 10.2. The van der Waals surface area contributed by atoms with E-state index in [1.165, 1.54) is 6.20 Å². The monoisotopic (exact) mass is 250 g/mol. The minimum atomic E-state index is -0.0565. The van der Waals surface area contributed by atoms with Gasteiger partial charge in [0.1, 0.15) is 5.69 Å². The van der Waals surface area contributed by atoms with Crippen LogP contribution in [0.25, 0.3) is 0 Å². The molecule has 1 fully saturated rings. The maximum Gasteiger partial charge on any atom is 0.272 e. The van der Waals surface area contributed by atoms with Crippen LogP contribution in [0, 0.1) is 5.92 Å². The van der Waals surface area contributed by atoms with Gasteiger partial charge in [0.25, 0.3) is 5.91 Å². The predicted molar refractivity (Wildman–Crippen MR) is 67.8 cm³/mol. The number of aliphatic hydroxyl groups excluding tert-OH is 1. The molecule has 0 aromatic carbocycles. The molecule has 1 aliphatic heterocycles. The SMILES string of the molecule is NNc1ccc(C(=O)N2CCC(CCO)C2)nc1. The van der Waals surface area contributed by atoms with E-state index >= 15 is 0 Å². The Labute approximate surface area is 106 Å². The van der Waals surface area contributed by atoms with E-state index in [1.54, 1.807) is 17.0 Å². The van der Waals surface area contributed by atoms with Crippen LogP contribution in [0.1, 0.15) is 23.3 Å². The Morgan fingerprint density at radius 3 is 3.06 bits per heavy atom. The molecule has 1 saturated heterocycles. The fraction of sp³-hybridized carbons (Fsp3) is 0.500. The van der Waals surface area contributed by atoms with Gasteiger partial charge in [-0.15, -0.1) is 0 Å². The number of aliphatic hydroxyl groups is 1. The summed E-state index contributed by atoms with van der Waals surface area (Å²) in [5.41, 5.74) is 3.57. The number of aromatic nitrogens is 1. The molecule has 0 aliphatic carbocycles. The van der Waals surface area contributed by atoms with Crippen molar-refractivity contribution in [1.29, 1.82) is 0 Å². The van der Waals surface area contributed by atoms with Crippen molar-refractivity contribution in [2.45, 2.75) is 12.8 Å². The molecule has 1 aromatic rings. The van der Waals surface area contributed by atoms with Crippen LogP contribution in [0.15, 0.2) is 18.3 Å². The number of likely N-dealkylation sites (tertiary alicyclic amines) is 1. The second kappa shape index (κ2) is 5.79. The van der Waals surface area contributed by atoms with Crippen LogP contribution >= 0.6 is 0 Å². The number of nitrogen functional groups attached to an aromatic ring is 1. The second-order valence-electron chi connectivity index (χ2n) is 4.49. The molecule has 4 N–H and O–H groups in total. The highest BCUT2D eigenvalue weighted by molar-refractivity contribution is 5.92. The summed E-state index contributed by atoms with van der Waals surface area (Å²) in [6, 6.07) is 3.39. The largest absolute Gasteiger partial charge is 0.396 e. The van der Waals surface area contributed by atoms with Crippen molar-refractivity contribution in [3.63, 3.8) is 0 Å². The molecule has 0 bridgehead atoms. The first-order valence-electron chi connectivity index (χ1n) is 6.07. The van der Waals surface area contributed by atoms with Gasteiger partial charge in [-0.3, -0.25) is 10.6 Å². The van der Waals surface area contributed by atoms with Gasteiger partial charge in [0.05, 0.1) is 11.9 Å². The average Bonchev–Trinajstić information content (AvgIpc) is 2.87. The highest BCUT2D eigenvalue weighted by Gasteiger charge is 2.26. The van der Waals surface area contributed by atoms with Crippen molar-refractivity contribution in [2.24, 2.45) is 11.8 Å². The summed E-state index contributed by atoms with van der Waals surface area (Å²) in [5.74, 6) is 5.59. The quantitative estimate of drug-likeness (QED) is 0.525. The van der Waals surface area contributed by atoms with E-state index in [0.717, 1.165) is 19.4 Å². The maximum atomic E-state index is 12.1. The Morgan fingerprint density at radius 2 is 2.44 bits per heavy atom. The molecule has 0 spiro atoms. The molecule has 98 valence electrons. The van der Waals surface area contributed by atoms with Crippen molar-refractivity contribution in [1.82, 2.24) is 9.88 Å². The first kappa shape index (κ1) is 12.8. The lowest BCUT2D eigenvalue weighted by Crippen LogP contribution is -2.29. The van der Waals surface area contributed by atoms with Crippen LogP contribution in [0.3, 0.4) is 0 Å². The molecule has 6 heteroatoms. The van der Waals surface area contributed by atoms with Gasteiger partial charge in [-0.05, 0) is 30.9 Å². The summed E-state index contributed by atoms with van der Waals surface area (Å²) in [5, 5.41) is 8.89. The van der Waals surface area contributed by atoms with Gasteiger partial charge >= 0.3 is 0 Å². The lowest BCUT2D eigenvalue weighted by Gasteiger charge is -2.15. The van der Waals surface area contributed by atoms with E-state index in [9.17, 15) is 4.79 Å². The Balaban J connectivity index is 1.98. The average molecular weight is 250 g/mol. The molecule has 1 aliphatic rings. The van der Waals surface area contributed by atoms with Gasteiger partial charge in [0, 0.05) is 19.7 Å². The van der Waals surface area contributed by atoms with E-state index in [-0.39, 0.29) is 12.5 Å². The number of carbonyl (C=O) groups excluding carboxylic acids is 1. The minimum Gasteiger partial charge on any atom is -0.396 e. The normalized spacial score (nSPS) is 19.0. The van der Waals surface area contributed by atoms with Crippen molar-refractivity contribution >= 4 is 11.6 Å². The Hall–Kier alpha value is -1.66. The van der Waals surface area contributed by atoms with Gasteiger partial charge in [0.2, 0.25) is 0 Å². The number of amides is 1. The fourth-order valence-electron chi connectivity index (χ4n) is 2.20. The second-order valence-corrected chi connectivity index (χ2v) is 4.49. The number of hydrogen-bond acceptors (Lipinski definition) is 5. The van der Waals surface area contributed by atoms with Crippen molar-refractivity contribution in [2.75, 3.05) is 25.1 Å². The number of nitrogens with two attached hydrogens (primary N) is 1. The smallest absolute Gasteiger partial charge is 0.272 e. The number of carbonyl (C=O) groups is 1. The summed E-state index contributed by atoms with van der Waals surface area (Å²) in [6.45, 7) is 1.63. The van der Waals surface area contributed by atoms with Crippen LogP contribution in [0.4, 0.5) is 5.69 Å². The Kier molecular flexibility index (Phi) is 4.11. The van der Waals surface area contributed by atoms with E-state index in [2.05, 4.69) is 10.4 Å². The molecule has 1 amide bonds. The van der Waals surface area contributed by atoms with Gasteiger partial charge in [0.15, 0.2) is 0 Å². The molecule has 18 heavy (non-hydrogen) atoms. The number of nitrogens with one attached hydrogen (secondary N) is 1. The van der Waals surface area contributed by atoms with Crippen LogP contribution < -0.4 is 11.3 Å². The van der Waals surface area contributed by atoms with E-state index in [1.807, 2.05) is 0 Å². The summed E-state index contributed by atoms with van der Waals surface area (Å²) < 4.78 is 0. The molecule has 1 unspecified atom stereocenters. The van der Waals surface area contributed by atoms with Gasteiger partial charge in [-0.25, -0.2) is 4.98 Å². The molecule has 0 saturated carbocycles. The Morgan fingerprint density at radius 1 is 1.61 bits per heavy atom. The molecular weight excluding hydrogens is 232 g/mol. The number of nitrogens with zero attached hydrogens (tertiary/aromatic N) is 2. The van der Waals surface area contributed by atoms with Crippen LogP contribution in [-0.4, -0.2) is 40.6 Å². The minimum absolute atomic E-state index is 0.0565. The summed E-state index contributed by atoms with van der Waals surface area (Å²) >= 11 is 0. The number of anilines is 1. The third kappa shape index (κ3) is 2.77. The van der Waals surface area contributed by atoms with Gasteiger partial charge < -0.3 is 15.4 Å². The van der Waals surface area contributed by atoms with Crippen LogP contribution in [0.5, 0.6) is 0 Å². The van der Waals surface area contributed by atoms with Crippen molar-refractivity contribution in [3.05, 3.63) is 24.0 Å². The molecule has 2 heterocycles. The third-order valence-electron chi connectivity index (χ3n) is 3.26. The fourth-order valence-corrected chi connectivity index (χ4v) is 2.20. The summed E-state index contributed by atoms with van der Waals surface area (Å²) in [6.07, 6.45) is 3.25. The van der Waals surface area contributed by atoms with Crippen molar-refractivity contribution in [3.8, 4) is 0 Å². The molecule has 1 atom stereocenters. The Bertz CT molecular complexity index is 407.